The number of benzene rings is 2. The molecule has 0 radical (unpaired) electrons. The van der Waals surface area contributed by atoms with Gasteiger partial charge in [-0.25, -0.2) is 0 Å². The van der Waals surface area contributed by atoms with E-state index in [-0.39, 0.29) is 12.5 Å². The quantitative estimate of drug-likeness (QED) is 0.669. The van der Waals surface area contributed by atoms with Crippen LogP contribution >= 0.6 is 11.3 Å². The van der Waals surface area contributed by atoms with E-state index < -0.39 is 0 Å². The van der Waals surface area contributed by atoms with Gasteiger partial charge in [-0.3, -0.25) is 4.79 Å². The lowest BCUT2D eigenvalue weighted by Gasteiger charge is -2.09. The van der Waals surface area contributed by atoms with Gasteiger partial charge < -0.3 is 15.4 Å². The van der Waals surface area contributed by atoms with Crippen molar-refractivity contribution < 1.29 is 9.53 Å². The number of amides is 1. The molecule has 0 aliphatic heterocycles. The highest BCUT2D eigenvalue weighted by Gasteiger charge is 2.03. The predicted molar refractivity (Wildman–Crippen MR) is 107 cm³/mol. The predicted octanol–water partition coefficient (Wildman–Crippen LogP) is 4.21. The zero-order valence-electron chi connectivity index (χ0n) is 14.3. The molecule has 2 aromatic carbocycles. The summed E-state index contributed by atoms with van der Waals surface area (Å²) in [5, 5.41) is 7.96. The Balaban J connectivity index is 1.57. The summed E-state index contributed by atoms with van der Waals surface area (Å²) in [6.45, 7) is 0.166. The summed E-state index contributed by atoms with van der Waals surface area (Å²) in [7, 11) is 1.59. The molecular formula is C21H18N2O2S. The largest absolute Gasteiger partial charge is 0.497 e. The van der Waals surface area contributed by atoms with Crippen LogP contribution in [0.1, 0.15) is 10.4 Å². The molecule has 130 valence electrons. The van der Waals surface area contributed by atoms with Crippen molar-refractivity contribution >= 4 is 28.6 Å². The van der Waals surface area contributed by atoms with E-state index in [1.54, 1.807) is 24.5 Å². The molecule has 0 fully saturated rings. The van der Waals surface area contributed by atoms with Gasteiger partial charge in [-0.05, 0) is 41.8 Å². The number of carbonyl (C=O) groups excluding carboxylic acids is 1. The molecule has 1 heterocycles. The Morgan fingerprint density at radius 1 is 1.04 bits per heavy atom. The minimum Gasteiger partial charge on any atom is -0.497 e. The number of rotatable bonds is 5. The molecule has 1 aromatic heterocycles. The van der Waals surface area contributed by atoms with Crippen molar-refractivity contribution in [1.82, 2.24) is 0 Å². The molecule has 1 amide bonds. The zero-order valence-corrected chi connectivity index (χ0v) is 15.1. The van der Waals surface area contributed by atoms with Crippen molar-refractivity contribution in [3.8, 4) is 17.6 Å². The van der Waals surface area contributed by atoms with Gasteiger partial charge in [-0.1, -0.05) is 30.0 Å². The molecule has 0 saturated carbocycles. The lowest BCUT2D eigenvalue weighted by molar-refractivity contribution is -0.114. The van der Waals surface area contributed by atoms with Gasteiger partial charge in [0.25, 0.3) is 0 Å². The van der Waals surface area contributed by atoms with Gasteiger partial charge in [0.05, 0.1) is 18.5 Å². The van der Waals surface area contributed by atoms with Gasteiger partial charge in [-0.15, -0.1) is 11.3 Å². The normalized spacial score (nSPS) is 9.73. The molecule has 0 atom stereocenters. The van der Waals surface area contributed by atoms with Crippen LogP contribution in [0.3, 0.4) is 0 Å². The van der Waals surface area contributed by atoms with Crippen LogP contribution in [0.2, 0.25) is 0 Å². The van der Waals surface area contributed by atoms with E-state index in [0.717, 1.165) is 16.1 Å². The lowest BCUT2D eigenvalue weighted by atomic mass is 10.2. The molecule has 3 aromatic rings. The SMILES string of the molecule is COc1cccc(NC(=O)CNc2cccc(C#Cc3cccs3)c2)c1. The van der Waals surface area contributed by atoms with E-state index in [4.69, 9.17) is 4.74 Å². The molecule has 2 N–H and O–H groups in total. The molecule has 4 nitrogen and oxygen atoms in total. The first kappa shape index (κ1) is 17.6. The van der Waals surface area contributed by atoms with Gasteiger partial charge in [0.15, 0.2) is 0 Å². The number of ether oxygens (including phenoxy) is 1. The van der Waals surface area contributed by atoms with Crippen molar-refractivity contribution in [2.24, 2.45) is 0 Å². The average Bonchev–Trinajstić information content (AvgIpc) is 3.19. The molecule has 0 unspecified atom stereocenters. The van der Waals surface area contributed by atoms with Crippen molar-refractivity contribution in [2.75, 3.05) is 24.3 Å². The average molecular weight is 362 g/mol. The highest BCUT2D eigenvalue weighted by atomic mass is 32.1. The van der Waals surface area contributed by atoms with Crippen LogP contribution in [0, 0.1) is 11.8 Å². The first-order chi connectivity index (χ1) is 12.7. The maximum Gasteiger partial charge on any atom is 0.243 e. The van der Waals surface area contributed by atoms with Crippen LogP contribution < -0.4 is 15.4 Å². The number of nitrogens with one attached hydrogen (secondary N) is 2. The summed E-state index contributed by atoms with van der Waals surface area (Å²) >= 11 is 1.61. The molecule has 0 spiro atoms. The number of hydrogen-bond donors (Lipinski definition) is 2. The van der Waals surface area contributed by atoms with Gasteiger partial charge in [0.1, 0.15) is 5.75 Å². The fourth-order valence-corrected chi connectivity index (χ4v) is 2.85. The maximum atomic E-state index is 12.1. The van der Waals surface area contributed by atoms with E-state index >= 15 is 0 Å². The molecule has 0 aliphatic rings. The van der Waals surface area contributed by atoms with Crippen LogP contribution in [-0.2, 0) is 4.79 Å². The monoisotopic (exact) mass is 362 g/mol. The Morgan fingerprint density at radius 2 is 1.88 bits per heavy atom. The van der Waals surface area contributed by atoms with E-state index in [9.17, 15) is 4.79 Å². The minimum atomic E-state index is -0.131. The molecular weight excluding hydrogens is 344 g/mol. The highest BCUT2D eigenvalue weighted by molar-refractivity contribution is 7.10. The van der Waals surface area contributed by atoms with Crippen LogP contribution in [-0.4, -0.2) is 19.6 Å². The maximum absolute atomic E-state index is 12.1. The number of carbonyl (C=O) groups is 1. The minimum absolute atomic E-state index is 0.131. The number of methoxy groups -OCH3 is 1. The van der Waals surface area contributed by atoms with Crippen molar-refractivity contribution in [3.05, 3.63) is 76.5 Å². The summed E-state index contributed by atoms with van der Waals surface area (Å²) in [5.74, 6) is 6.83. The summed E-state index contributed by atoms with van der Waals surface area (Å²) < 4.78 is 5.15. The van der Waals surface area contributed by atoms with E-state index in [2.05, 4.69) is 22.5 Å². The Labute approximate surface area is 156 Å². The molecule has 3 rings (SSSR count). The third-order valence-electron chi connectivity index (χ3n) is 3.52. The Bertz CT molecular complexity index is 940. The van der Waals surface area contributed by atoms with Crippen LogP contribution in [0.5, 0.6) is 5.75 Å². The fourth-order valence-electron chi connectivity index (χ4n) is 2.28. The second-order valence-corrected chi connectivity index (χ2v) is 6.39. The summed E-state index contributed by atoms with van der Waals surface area (Å²) in [6, 6.07) is 18.9. The zero-order chi connectivity index (χ0) is 18.2. The van der Waals surface area contributed by atoms with Gasteiger partial charge in [0.2, 0.25) is 5.91 Å². The van der Waals surface area contributed by atoms with E-state index in [0.29, 0.717) is 11.4 Å². The second-order valence-electron chi connectivity index (χ2n) is 5.44. The molecule has 0 bridgehead atoms. The Kier molecular flexibility index (Phi) is 5.92. The smallest absolute Gasteiger partial charge is 0.243 e. The van der Waals surface area contributed by atoms with Crippen molar-refractivity contribution in [1.29, 1.82) is 0 Å². The second kappa shape index (κ2) is 8.75. The molecule has 0 aliphatic carbocycles. The van der Waals surface area contributed by atoms with E-state index in [1.807, 2.05) is 60.0 Å². The van der Waals surface area contributed by atoms with Crippen LogP contribution in [0.4, 0.5) is 11.4 Å². The van der Waals surface area contributed by atoms with Gasteiger partial charge in [0, 0.05) is 23.0 Å². The first-order valence-electron chi connectivity index (χ1n) is 8.06. The van der Waals surface area contributed by atoms with Gasteiger partial charge in [-0.2, -0.15) is 0 Å². The first-order valence-corrected chi connectivity index (χ1v) is 8.94. The van der Waals surface area contributed by atoms with Crippen LogP contribution in [0.15, 0.2) is 66.0 Å². The number of thiophene rings is 1. The summed E-state index contributed by atoms with van der Waals surface area (Å²) in [6.07, 6.45) is 0. The molecule has 5 heteroatoms. The fraction of sp³-hybridized carbons (Fsp3) is 0.0952. The van der Waals surface area contributed by atoms with Crippen molar-refractivity contribution in [2.45, 2.75) is 0 Å². The topological polar surface area (TPSA) is 50.4 Å². The van der Waals surface area contributed by atoms with Crippen LogP contribution in [0.25, 0.3) is 0 Å². The summed E-state index contributed by atoms with van der Waals surface area (Å²) in [4.78, 5) is 13.1. The molecule has 26 heavy (non-hydrogen) atoms. The number of anilines is 2. The lowest BCUT2D eigenvalue weighted by Crippen LogP contribution is -2.21. The Morgan fingerprint density at radius 3 is 2.69 bits per heavy atom. The summed E-state index contributed by atoms with van der Waals surface area (Å²) in [5.41, 5.74) is 2.45. The molecule has 0 saturated heterocycles. The third-order valence-corrected chi connectivity index (χ3v) is 4.31. The van der Waals surface area contributed by atoms with Gasteiger partial charge >= 0.3 is 0 Å². The highest BCUT2D eigenvalue weighted by Crippen LogP contribution is 2.16. The van der Waals surface area contributed by atoms with E-state index in [1.165, 1.54) is 0 Å². The third kappa shape index (κ3) is 5.13. The number of hydrogen-bond acceptors (Lipinski definition) is 4. The van der Waals surface area contributed by atoms with Crippen molar-refractivity contribution in [3.63, 3.8) is 0 Å². The Hall–Kier alpha value is -3.23. The standard InChI is InChI=1S/C21H18N2O2S/c1-25-19-8-3-7-18(14-19)23-21(24)15-22-17-6-2-5-16(13-17)10-11-20-9-4-12-26-20/h2-9,12-14,22H,15H2,1H3,(H,23,24).